The molecule has 3 N–H and O–H groups in total. The Balaban J connectivity index is 1.69. The van der Waals surface area contributed by atoms with Gasteiger partial charge in [0.05, 0.1) is 12.3 Å². The third-order valence-electron chi connectivity index (χ3n) is 4.93. The molecule has 0 aromatic heterocycles. The van der Waals surface area contributed by atoms with Crippen molar-refractivity contribution in [2.75, 3.05) is 25.9 Å². The number of nitrogens with two attached hydrogens (primary N) is 1. The molecule has 0 radical (unpaired) electrons. The first-order chi connectivity index (χ1) is 10.4. The summed E-state index contributed by atoms with van der Waals surface area (Å²) in [5.74, 6) is 0.686. The summed E-state index contributed by atoms with van der Waals surface area (Å²) in [5, 5.41) is 2.90. The van der Waals surface area contributed by atoms with Crippen molar-refractivity contribution in [2.45, 2.75) is 51.0 Å². The maximum atomic E-state index is 12.1. The Morgan fingerprint density at radius 2 is 1.91 bits per heavy atom. The molecule has 0 aromatic carbocycles. The summed E-state index contributed by atoms with van der Waals surface area (Å²) in [6, 6.07) is -0.435. The smallest absolute Gasteiger partial charge is 0.236 e. The first-order valence-corrected chi connectivity index (χ1v) is 10.2. The van der Waals surface area contributed by atoms with Crippen LogP contribution in [0.4, 0.5) is 0 Å². The number of hydrogen-bond donors (Lipinski definition) is 2. The van der Waals surface area contributed by atoms with Gasteiger partial charge in [-0.05, 0) is 24.7 Å². The van der Waals surface area contributed by atoms with Crippen molar-refractivity contribution in [1.82, 2.24) is 9.62 Å². The highest BCUT2D eigenvalue weighted by Gasteiger charge is 2.29. The minimum atomic E-state index is -3.11. The fraction of sp³-hybridized carbons (Fsp3) is 0.933. The topological polar surface area (TPSA) is 92.5 Å². The highest BCUT2D eigenvalue weighted by atomic mass is 32.2. The molecule has 0 spiro atoms. The number of nitrogens with one attached hydrogen (secondary N) is 1. The van der Waals surface area contributed by atoms with Gasteiger partial charge in [0.15, 0.2) is 0 Å². The van der Waals surface area contributed by atoms with Crippen molar-refractivity contribution < 1.29 is 13.2 Å². The molecule has 0 aromatic rings. The van der Waals surface area contributed by atoms with Crippen LogP contribution < -0.4 is 11.1 Å². The van der Waals surface area contributed by atoms with Crippen molar-refractivity contribution in [1.29, 1.82) is 0 Å². The monoisotopic (exact) mass is 331 g/mol. The van der Waals surface area contributed by atoms with Gasteiger partial charge in [0.2, 0.25) is 15.9 Å². The molecule has 2 rings (SSSR count). The van der Waals surface area contributed by atoms with E-state index in [1.807, 2.05) is 0 Å². The molecule has 1 aliphatic heterocycles. The molecule has 2 unspecified atom stereocenters. The zero-order valence-electron chi connectivity index (χ0n) is 13.5. The molecule has 2 fully saturated rings. The van der Waals surface area contributed by atoms with Crippen LogP contribution in [0.5, 0.6) is 0 Å². The standard InChI is InChI=1S/C15H29N3O3S/c1-22(20,21)18-8-7-13(11-18)10-17-15(19)14(16)9-12-5-3-2-4-6-12/h12-14H,2-11,16H2,1H3,(H,17,19). The Morgan fingerprint density at radius 3 is 2.50 bits per heavy atom. The van der Waals surface area contributed by atoms with Gasteiger partial charge in [0, 0.05) is 19.6 Å². The van der Waals surface area contributed by atoms with E-state index in [1.165, 1.54) is 42.7 Å². The van der Waals surface area contributed by atoms with Crippen LogP contribution in [-0.2, 0) is 14.8 Å². The van der Waals surface area contributed by atoms with Crippen LogP contribution in [0.25, 0.3) is 0 Å². The van der Waals surface area contributed by atoms with E-state index >= 15 is 0 Å². The van der Waals surface area contributed by atoms with Gasteiger partial charge >= 0.3 is 0 Å². The van der Waals surface area contributed by atoms with E-state index in [2.05, 4.69) is 5.32 Å². The second kappa shape index (κ2) is 7.75. The second-order valence-electron chi connectivity index (χ2n) is 6.87. The van der Waals surface area contributed by atoms with Gasteiger partial charge in [-0.15, -0.1) is 0 Å². The summed E-state index contributed by atoms with van der Waals surface area (Å²) < 4.78 is 24.4. The quantitative estimate of drug-likeness (QED) is 0.748. The number of carbonyl (C=O) groups is 1. The minimum absolute atomic E-state index is 0.0941. The molecule has 128 valence electrons. The lowest BCUT2D eigenvalue weighted by Gasteiger charge is -2.24. The van der Waals surface area contributed by atoms with Gasteiger partial charge in [-0.25, -0.2) is 12.7 Å². The van der Waals surface area contributed by atoms with Gasteiger partial charge in [-0.1, -0.05) is 32.1 Å². The van der Waals surface area contributed by atoms with E-state index in [4.69, 9.17) is 5.73 Å². The Labute approximate surface area is 133 Å². The van der Waals surface area contributed by atoms with Crippen molar-refractivity contribution >= 4 is 15.9 Å². The SMILES string of the molecule is CS(=O)(=O)N1CCC(CNC(=O)C(N)CC2CCCCC2)C1. The summed E-state index contributed by atoms with van der Waals surface area (Å²) in [7, 11) is -3.11. The highest BCUT2D eigenvalue weighted by Crippen LogP contribution is 2.27. The van der Waals surface area contributed by atoms with E-state index in [0.717, 1.165) is 12.8 Å². The van der Waals surface area contributed by atoms with Crippen LogP contribution in [0.1, 0.15) is 44.9 Å². The van der Waals surface area contributed by atoms with Crippen molar-refractivity contribution in [3.8, 4) is 0 Å². The molecule has 1 saturated heterocycles. The summed E-state index contributed by atoms with van der Waals surface area (Å²) in [5.41, 5.74) is 6.01. The molecular weight excluding hydrogens is 302 g/mol. The minimum Gasteiger partial charge on any atom is -0.354 e. The fourth-order valence-electron chi connectivity index (χ4n) is 3.53. The summed E-state index contributed by atoms with van der Waals surface area (Å²) in [6.45, 7) is 1.56. The second-order valence-corrected chi connectivity index (χ2v) is 8.85. The summed E-state index contributed by atoms with van der Waals surface area (Å²) in [6.07, 6.45) is 8.98. The number of carbonyl (C=O) groups excluding carboxylic acids is 1. The molecule has 1 saturated carbocycles. The maximum Gasteiger partial charge on any atom is 0.236 e. The van der Waals surface area contributed by atoms with Crippen LogP contribution in [0.3, 0.4) is 0 Å². The number of sulfonamides is 1. The highest BCUT2D eigenvalue weighted by molar-refractivity contribution is 7.88. The normalized spacial score (nSPS) is 26.0. The number of nitrogens with zero attached hydrogens (tertiary/aromatic N) is 1. The molecule has 1 amide bonds. The van der Waals surface area contributed by atoms with E-state index in [0.29, 0.717) is 25.6 Å². The van der Waals surface area contributed by atoms with Crippen LogP contribution in [0, 0.1) is 11.8 Å². The lowest BCUT2D eigenvalue weighted by Crippen LogP contribution is -2.44. The molecule has 1 aliphatic carbocycles. The van der Waals surface area contributed by atoms with Gasteiger partial charge < -0.3 is 11.1 Å². The summed E-state index contributed by atoms with van der Waals surface area (Å²) >= 11 is 0. The Morgan fingerprint density at radius 1 is 1.23 bits per heavy atom. The molecule has 6 nitrogen and oxygen atoms in total. The predicted molar refractivity (Wildman–Crippen MR) is 86.7 cm³/mol. The number of rotatable bonds is 6. The summed E-state index contributed by atoms with van der Waals surface area (Å²) in [4.78, 5) is 12.1. The molecule has 1 heterocycles. The van der Waals surface area contributed by atoms with Gasteiger partial charge in [-0.2, -0.15) is 0 Å². The molecule has 22 heavy (non-hydrogen) atoms. The zero-order valence-corrected chi connectivity index (χ0v) is 14.3. The van der Waals surface area contributed by atoms with E-state index < -0.39 is 16.1 Å². The van der Waals surface area contributed by atoms with Crippen LogP contribution in [-0.4, -0.2) is 50.6 Å². The molecule has 0 bridgehead atoms. The molecule has 2 atom stereocenters. The average molecular weight is 331 g/mol. The predicted octanol–water partition coefficient (Wildman–Crippen LogP) is 0.682. The van der Waals surface area contributed by atoms with Crippen molar-refractivity contribution in [2.24, 2.45) is 17.6 Å². The van der Waals surface area contributed by atoms with E-state index in [9.17, 15) is 13.2 Å². The third-order valence-corrected chi connectivity index (χ3v) is 6.20. The fourth-order valence-corrected chi connectivity index (χ4v) is 4.45. The lowest BCUT2D eigenvalue weighted by atomic mass is 9.85. The number of amides is 1. The number of hydrogen-bond acceptors (Lipinski definition) is 4. The Kier molecular flexibility index (Phi) is 6.23. The molecule has 7 heteroatoms. The zero-order chi connectivity index (χ0) is 16.2. The van der Waals surface area contributed by atoms with Crippen molar-refractivity contribution in [3.05, 3.63) is 0 Å². The van der Waals surface area contributed by atoms with Gasteiger partial charge in [0.1, 0.15) is 0 Å². The van der Waals surface area contributed by atoms with Gasteiger partial charge in [0.25, 0.3) is 0 Å². The van der Waals surface area contributed by atoms with E-state index in [1.54, 1.807) is 0 Å². The maximum absolute atomic E-state index is 12.1. The van der Waals surface area contributed by atoms with Crippen LogP contribution in [0.15, 0.2) is 0 Å². The molecular formula is C15H29N3O3S. The first kappa shape index (κ1) is 17.7. The van der Waals surface area contributed by atoms with Crippen LogP contribution >= 0.6 is 0 Å². The Hall–Kier alpha value is -0.660. The molecule has 2 aliphatic rings. The Bertz CT molecular complexity index is 474. The van der Waals surface area contributed by atoms with Crippen molar-refractivity contribution in [3.63, 3.8) is 0 Å². The largest absolute Gasteiger partial charge is 0.354 e. The first-order valence-electron chi connectivity index (χ1n) is 8.34. The van der Waals surface area contributed by atoms with Crippen LogP contribution in [0.2, 0.25) is 0 Å². The van der Waals surface area contributed by atoms with E-state index in [-0.39, 0.29) is 11.8 Å². The third kappa shape index (κ3) is 5.21. The lowest BCUT2D eigenvalue weighted by molar-refractivity contribution is -0.122. The average Bonchev–Trinajstić information content (AvgIpc) is 2.94. The van der Waals surface area contributed by atoms with Gasteiger partial charge in [-0.3, -0.25) is 4.79 Å².